The molecule has 1 aliphatic rings. The molecule has 0 aromatic carbocycles. The van der Waals surface area contributed by atoms with Crippen LogP contribution in [-0.2, 0) is 4.79 Å². The van der Waals surface area contributed by atoms with Gasteiger partial charge >= 0.3 is 0 Å². The molecule has 3 N–H and O–H groups in total. The highest BCUT2D eigenvalue weighted by atomic mass is 16.5. The number of nitrogens with zero attached hydrogens (tertiary/aromatic N) is 5. The number of fused-ring (bicyclic) bond motifs is 2. The van der Waals surface area contributed by atoms with Crippen LogP contribution in [0.1, 0.15) is 26.7 Å². The number of nitrogens with one attached hydrogen (secondary N) is 3. The third-order valence-electron chi connectivity index (χ3n) is 5.45. The van der Waals surface area contributed by atoms with E-state index in [1.165, 1.54) is 6.92 Å². The van der Waals surface area contributed by atoms with Gasteiger partial charge in [0.05, 0.1) is 12.5 Å². The summed E-state index contributed by atoms with van der Waals surface area (Å²) in [5.74, 6) is 1.59. The number of rotatable bonds is 5. The first-order valence-electron chi connectivity index (χ1n) is 9.71. The molecule has 0 radical (unpaired) electrons. The zero-order valence-electron chi connectivity index (χ0n) is 16.9. The Labute approximate surface area is 172 Å². The largest absolute Gasteiger partial charge is 0.480 e. The van der Waals surface area contributed by atoms with Crippen LogP contribution < -0.4 is 15.4 Å². The van der Waals surface area contributed by atoms with Crippen molar-refractivity contribution in [3.8, 4) is 17.0 Å². The quantitative estimate of drug-likeness (QED) is 0.464. The minimum absolute atomic E-state index is 0.0161. The van der Waals surface area contributed by atoms with Crippen molar-refractivity contribution < 1.29 is 9.53 Å². The van der Waals surface area contributed by atoms with E-state index in [1.54, 1.807) is 19.5 Å². The molecule has 4 heterocycles. The van der Waals surface area contributed by atoms with E-state index < -0.39 is 0 Å². The summed E-state index contributed by atoms with van der Waals surface area (Å²) >= 11 is 0. The smallest absolute Gasteiger partial charge is 0.233 e. The number of hydrogen-bond donors (Lipinski definition) is 3. The van der Waals surface area contributed by atoms with Gasteiger partial charge in [0.1, 0.15) is 5.65 Å². The predicted octanol–water partition coefficient (Wildman–Crippen LogP) is 2.15. The molecule has 1 amide bonds. The van der Waals surface area contributed by atoms with Gasteiger partial charge in [-0.25, -0.2) is 9.97 Å². The second-order valence-corrected chi connectivity index (χ2v) is 7.95. The van der Waals surface area contributed by atoms with Gasteiger partial charge < -0.3 is 20.4 Å². The van der Waals surface area contributed by atoms with E-state index in [4.69, 9.17) is 4.74 Å². The van der Waals surface area contributed by atoms with Crippen LogP contribution in [0.5, 0.6) is 5.88 Å². The summed E-state index contributed by atoms with van der Waals surface area (Å²) in [6.45, 7) is 3.58. The molecule has 0 saturated heterocycles. The number of methoxy groups -OCH3 is 1. The molecule has 10 heteroatoms. The summed E-state index contributed by atoms with van der Waals surface area (Å²) in [5.41, 5.74) is 2.29. The zero-order valence-corrected chi connectivity index (χ0v) is 16.9. The van der Waals surface area contributed by atoms with E-state index in [2.05, 4.69) is 35.6 Å². The Kier molecular flexibility index (Phi) is 4.09. The molecule has 0 atom stereocenters. The first-order valence-corrected chi connectivity index (χ1v) is 9.71. The van der Waals surface area contributed by atoms with E-state index in [0.717, 1.165) is 29.4 Å². The molecule has 0 aliphatic heterocycles. The minimum atomic E-state index is -0.184. The lowest BCUT2D eigenvalue weighted by molar-refractivity contribution is -0.121. The first-order chi connectivity index (χ1) is 14.4. The second kappa shape index (κ2) is 6.68. The van der Waals surface area contributed by atoms with Crippen LogP contribution in [0.15, 0.2) is 31.0 Å². The van der Waals surface area contributed by atoms with Gasteiger partial charge in [-0.15, -0.1) is 0 Å². The van der Waals surface area contributed by atoms with Crippen molar-refractivity contribution in [1.29, 1.82) is 0 Å². The molecule has 30 heavy (non-hydrogen) atoms. The Hall–Kier alpha value is -3.69. The maximum atomic E-state index is 11.3. The van der Waals surface area contributed by atoms with Crippen LogP contribution in [0.25, 0.3) is 27.9 Å². The topological polar surface area (TPSA) is 122 Å². The fraction of sp³-hybridized carbons (Fsp3) is 0.350. The standard InChI is InChI=1S/C20H22N8O2/c1-11(29)27-20(2)6-13(7-20)24-18-25-16-15(17(26-18)30-3)14(9-22-16)12-8-23-19-21-4-5-28(19)10-12/h4-5,8-10,13H,6-7H2,1-3H3,(H,27,29)(H2,22,24,25,26). The lowest BCUT2D eigenvalue weighted by Crippen LogP contribution is -2.59. The van der Waals surface area contributed by atoms with E-state index in [0.29, 0.717) is 23.3 Å². The van der Waals surface area contributed by atoms with Crippen LogP contribution in [0.2, 0.25) is 0 Å². The lowest BCUT2D eigenvalue weighted by Gasteiger charge is -2.45. The maximum Gasteiger partial charge on any atom is 0.233 e. The van der Waals surface area contributed by atoms with Gasteiger partial charge in [-0.1, -0.05) is 0 Å². The van der Waals surface area contributed by atoms with Crippen molar-refractivity contribution >= 4 is 28.7 Å². The third-order valence-corrected chi connectivity index (χ3v) is 5.45. The molecule has 154 valence electrons. The monoisotopic (exact) mass is 406 g/mol. The van der Waals surface area contributed by atoms with E-state index in [9.17, 15) is 4.79 Å². The average Bonchev–Trinajstić information content (AvgIpc) is 3.31. The summed E-state index contributed by atoms with van der Waals surface area (Å²) in [6.07, 6.45) is 10.8. The molecule has 1 saturated carbocycles. The number of H-pyrrole nitrogens is 1. The number of carbonyl (C=O) groups excluding carboxylic acids is 1. The van der Waals surface area contributed by atoms with Crippen molar-refractivity contribution in [2.75, 3.05) is 12.4 Å². The van der Waals surface area contributed by atoms with E-state index in [1.807, 2.05) is 29.9 Å². The highest BCUT2D eigenvalue weighted by Crippen LogP contribution is 2.36. The second-order valence-electron chi connectivity index (χ2n) is 7.95. The fourth-order valence-electron chi connectivity index (χ4n) is 4.24. The SMILES string of the molecule is COc1nc(NC2CC(C)(NC(C)=O)C2)nc2[nH]cc(-c3cnc4nccn4c3)c12. The van der Waals surface area contributed by atoms with Crippen LogP contribution in [0, 0.1) is 0 Å². The predicted molar refractivity (Wildman–Crippen MR) is 111 cm³/mol. The molecule has 1 aliphatic carbocycles. The van der Waals surface area contributed by atoms with Crippen molar-refractivity contribution in [3.05, 3.63) is 31.0 Å². The molecule has 5 rings (SSSR count). The summed E-state index contributed by atoms with van der Waals surface area (Å²) < 4.78 is 7.44. The van der Waals surface area contributed by atoms with Gasteiger partial charge in [-0.05, 0) is 19.8 Å². The molecule has 4 aromatic heterocycles. The Bertz CT molecular complexity index is 1250. The molecule has 0 bridgehead atoms. The lowest BCUT2D eigenvalue weighted by atomic mass is 9.74. The van der Waals surface area contributed by atoms with Crippen molar-refractivity contribution in [2.45, 2.75) is 38.3 Å². The molecule has 0 unspecified atom stereocenters. The van der Waals surface area contributed by atoms with E-state index in [-0.39, 0.29) is 17.5 Å². The fourth-order valence-corrected chi connectivity index (χ4v) is 4.24. The van der Waals surface area contributed by atoms with Crippen LogP contribution in [0.4, 0.5) is 5.95 Å². The number of imidazole rings is 1. The van der Waals surface area contributed by atoms with Gasteiger partial charge in [0.15, 0.2) is 0 Å². The Morgan fingerprint density at radius 3 is 2.93 bits per heavy atom. The van der Waals surface area contributed by atoms with Crippen molar-refractivity contribution in [2.24, 2.45) is 0 Å². The summed E-state index contributed by atoms with van der Waals surface area (Å²) in [4.78, 5) is 32.3. The Morgan fingerprint density at radius 1 is 1.33 bits per heavy atom. The molecule has 4 aromatic rings. The molecular formula is C20H22N8O2. The number of ether oxygens (including phenoxy) is 1. The van der Waals surface area contributed by atoms with Crippen LogP contribution in [0.3, 0.4) is 0 Å². The summed E-state index contributed by atoms with van der Waals surface area (Å²) in [7, 11) is 1.59. The normalized spacial score (nSPS) is 20.8. The maximum absolute atomic E-state index is 11.3. The van der Waals surface area contributed by atoms with Crippen molar-refractivity contribution in [3.63, 3.8) is 0 Å². The molecule has 1 fully saturated rings. The molecular weight excluding hydrogens is 384 g/mol. The third kappa shape index (κ3) is 3.10. The minimum Gasteiger partial charge on any atom is -0.480 e. The number of amides is 1. The molecule has 10 nitrogen and oxygen atoms in total. The Balaban J connectivity index is 1.44. The van der Waals surface area contributed by atoms with E-state index >= 15 is 0 Å². The highest BCUT2D eigenvalue weighted by molar-refractivity contribution is 5.97. The molecule has 0 spiro atoms. The van der Waals surface area contributed by atoms with Gasteiger partial charge in [0.2, 0.25) is 23.5 Å². The van der Waals surface area contributed by atoms with Crippen LogP contribution in [-0.4, -0.2) is 53.9 Å². The number of aromatic nitrogens is 6. The van der Waals surface area contributed by atoms with Gasteiger partial charge in [-0.3, -0.25) is 9.20 Å². The van der Waals surface area contributed by atoms with Gasteiger partial charge in [0.25, 0.3) is 0 Å². The van der Waals surface area contributed by atoms with Crippen LogP contribution >= 0.6 is 0 Å². The van der Waals surface area contributed by atoms with Gasteiger partial charge in [0, 0.05) is 60.6 Å². The first kappa shape index (κ1) is 18.3. The van der Waals surface area contributed by atoms with Crippen molar-refractivity contribution in [1.82, 2.24) is 34.6 Å². The Morgan fingerprint density at radius 2 is 2.17 bits per heavy atom. The number of aromatic amines is 1. The number of carbonyl (C=O) groups is 1. The van der Waals surface area contributed by atoms with Gasteiger partial charge in [-0.2, -0.15) is 9.97 Å². The number of anilines is 1. The summed E-state index contributed by atoms with van der Waals surface area (Å²) in [6, 6.07) is 0.186. The highest BCUT2D eigenvalue weighted by Gasteiger charge is 2.41. The zero-order chi connectivity index (χ0) is 20.9. The average molecular weight is 406 g/mol. The number of hydrogen-bond acceptors (Lipinski definition) is 7. The summed E-state index contributed by atoms with van der Waals surface area (Å²) in [5, 5.41) is 7.13.